The Morgan fingerprint density at radius 3 is 2.43 bits per heavy atom. The van der Waals surface area contributed by atoms with Crippen molar-refractivity contribution in [2.24, 2.45) is 11.8 Å². The molecule has 0 saturated heterocycles. The van der Waals surface area contributed by atoms with E-state index in [0.717, 1.165) is 12.3 Å². The van der Waals surface area contributed by atoms with E-state index >= 15 is 0 Å². The second kappa shape index (κ2) is 8.16. The van der Waals surface area contributed by atoms with Gasteiger partial charge in [-0.15, -0.1) is 0 Å². The van der Waals surface area contributed by atoms with E-state index in [0.29, 0.717) is 5.92 Å². The summed E-state index contributed by atoms with van der Waals surface area (Å²) in [4.78, 5) is 0. The Hall–Kier alpha value is -0.170. The molecule has 0 rings (SSSR count). The predicted octanol–water partition coefficient (Wildman–Crippen LogP) is 4.84. The van der Waals surface area contributed by atoms with Gasteiger partial charge in [-0.3, -0.25) is 0 Å². The van der Waals surface area contributed by atoms with Crippen LogP contribution >= 0.6 is 12.6 Å². The summed E-state index contributed by atoms with van der Waals surface area (Å²) in [5.41, 5.74) is 1.51. The topological polar surface area (TPSA) is 0 Å². The molecule has 0 fully saturated rings. The highest BCUT2D eigenvalue weighted by molar-refractivity contribution is 7.83. The van der Waals surface area contributed by atoms with Gasteiger partial charge in [0.2, 0.25) is 0 Å². The highest BCUT2D eigenvalue weighted by Gasteiger charge is 2.01. The van der Waals surface area contributed by atoms with Crippen LogP contribution in [0, 0.1) is 11.8 Å². The molecule has 0 spiro atoms. The van der Waals surface area contributed by atoms with Crippen molar-refractivity contribution in [2.75, 3.05) is 0 Å². The Morgan fingerprint density at radius 1 is 1.29 bits per heavy atom. The number of allylic oxidation sites excluding steroid dienone is 3. The fourth-order valence-corrected chi connectivity index (χ4v) is 1.42. The number of thiol groups is 1. The first kappa shape index (κ1) is 13.8. The van der Waals surface area contributed by atoms with Crippen molar-refractivity contribution in [1.29, 1.82) is 0 Å². The van der Waals surface area contributed by atoms with Crippen molar-refractivity contribution in [2.45, 2.75) is 47.0 Å². The van der Waals surface area contributed by atoms with Gasteiger partial charge < -0.3 is 0 Å². The minimum atomic E-state index is 0.658. The minimum absolute atomic E-state index is 0.658. The summed E-state index contributed by atoms with van der Waals surface area (Å²) in [6.07, 6.45) is 8.13. The Balaban J connectivity index is 3.84. The lowest BCUT2D eigenvalue weighted by Gasteiger charge is -2.10. The molecule has 0 nitrogen and oxygen atoms in total. The number of hydrogen-bond donors (Lipinski definition) is 1. The maximum Gasteiger partial charge on any atom is -0.0200 e. The highest BCUT2D eigenvalue weighted by Crippen LogP contribution is 2.16. The first-order valence-electron chi connectivity index (χ1n) is 5.53. The van der Waals surface area contributed by atoms with E-state index in [4.69, 9.17) is 0 Å². The Kier molecular flexibility index (Phi) is 8.07. The lowest BCUT2D eigenvalue weighted by Crippen LogP contribution is -1.95. The average Bonchev–Trinajstić information content (AvgIpc) is 2.13. The van der Waals surface area contributed by atoms with Gasteiger partial charge in [-0.05, 0) is 43.4 Å². The summed E-state index contributed by atoms with van der Waals surface area (Å²) < 4.78 is 0. The van der Waals surface area contributed by atoms with Gasteiger partial charge >= 0.3 is 0 Å². The van der Waals surface area contributed by atoms with Crippen molar-refractivity contribution < 1.29 is 0 Å². The monoisotopic (exact) mass is 212 g/mol. The van der Waals surface area contributed by atoms with Gasteiger partial charge in [-0.1, -0.05) is 38.5 Å². The summed E-state index contributed by atoms with van der Waals surface area (Å²) in [6.45, 7) is 9.05. The van der Waals surface area contributed by atoms with Crippen LogP contribution in [-0.2, 0) is 0 Å². The van der Waals surface area contributed by atoms with Crippen LogP contribution in [0.1, 0.15) is 47.0 Å². The predicted molar refractivity (Wildman–Crippen MR) is 69.7 cm³/mol. The third-order valence-corrected chi connectivity index (χ3v) is 2.79. The van der Waals surface area contributed by atoms with Crippen molar-refractivity contribution >= 4 is 12.6 Å². The van der Waals surface area contributed by atoms with Gasteiger partial charge in [0.05, 0.1) is 0 Å². The van der Waals surface area contributed by atoms with E-state index < -0.39 is 0 Å². The Bertz CT molecular complexity index is 189. The van der Waals surface area contributed by atoms with Crippen LogP contribution in [0.5, 0.6) is 0 Å². The molecule has 0 heterocycles. The van der Waals surface area contributed by atoms with Gasteiger partial charge in [0.25, 0.3) is 0 Å². The van der Waals surface area contributed by atoms with E-state index in [2.05, 4.69) is 52.5 Å². The van der Waals surface area contributed by atoms with E-state index in [1.165, 1.54) is 18.4 Å². The number of rotatable bonds is 6. The largest absolute Gasteiger partial charge is 0.152 e. The molecule has 0 aliphatic carbocycles. The first-order valence-corrected chi connectivity index (χ1v) is 6.05. The molecule has 0 aromatic rings. The maximum atomic E-state index is 4.06. The van der Waals surface area contributed by atoms with Crippen molar-refractivity contribution in [3.05, 3.63) is 23.1 Å². The third kappa shape index (κ3) is 7.25. The zero-order valence-electron chi connectivity index (χ0n) is 9.96. The van der Waals surface area contributed by atoms with Gasteiger partial charge in [0, 0.05) is 0 Å². The van der Waals surface area contributed by atoms with Crippen molar-refractivity contribution in [1.82, 2.24) is 0 Å². The molecule has 0 saturated carbocycles. The standard InChI is InChI=1S/C13H24S/c1-11(2)7-5-8-12(3)13(4)9-6-10-14/h6,8,10-11,13-14H,5,7,9H2,1-4H3/b10-6+,12-8+. The van der Waals surface area contributed by atoms with Crippen LogP contribution in [0.15, 0.2) is 23.1 Å². The molecule has 0 aromatic carbocycles. The highest BCUT2D eigenvalue weighted by atomic mass is 32.1. The quantitative estimate of drug-likeness (QED) is 0.473. The molecular formula is C13H24S. The second-order valence-electron chi connectivity index (χ2n) is 4.44. The fourth-order valence-electron chi connectivity index (χ4n) is 1.30. The molecule has 82 valence electrons. The molecule has 0 radical (unpaired) electrons. The molecule has 0 aromatic heterocycles. The zero-order valence-corrected chi connectivity index (χ0v) is 10.8. The summed E-state index contributed by atoms with van der Waals surface area (Å²) in [5, 5.41) is 1.83. The molecule has 1 unspecified atom stereocenters. The molecule has 0 aliphatic rings. The molecule has 14 heavy (non-hydrogen) atoms. The lowest BCUT2D eigenvalue weighted by molar-refractivity contribution is 0.588. The van der Waals surface area contributed by atoms with Crippen LogP contribution in [0.4, 0.5) is 0 Å². The molecule has 0 aliphatic heterocycles. The van der Waals surface area contributed by atoms with E-state index in [1.807, 2.05) is 5.41 Å². The maximum absolute atomic E-state index is 4.06. The minimum Gasteiger partial charge on any atom is -0.152 e. The van der Waals surface area contributed by atoms with Crippen LogP contribution in [-0.4, -0.2) is 0 Å². The number of hydrogen-bond acceptors (Lipinski definition) is 1. The Morgan fingerprint density at radius 2 is 1.93 bits per heavy atom. The fraction of sp³-hybridized carbons (Fsp3) is 0.692. The molecule has 0 bridgehead atoms. The normalized spacial score (nSPS) is 15.4. The van der Waals surface area contributed by atoms with E-state index in [1.54, 1.807) is 0 Å². The smallest absolute Gasteiger partial charge is 0.0200 e. The van der Waals surface area contributed by atoms with Crippen molar-refractivity contribution in [3.8, 4) is 0 Å². The average molecular weight is 212 g/mol. The van der Waals surface area contributed by atoms with Gasteiger partial charge in [0.1, 0.15) is 0 Å². The van der Waals surface area contributed by atoms with Gasteiger partial charge in [-0.2, -0.15) is 12.6 Å². The van der Waals surface area contributed by atoms with E-state index in [-0.39, 0.29) is 0 Å². The van der Waals surface area contributed by atoms with Crippen LogP contribution in [0.3, 0.4) is 0 Å². The molecule has 0 N–H and O–H groups in total. The summed E-state index contributed by atoms with van der Waals surface area (Å²) in [5.74, 6) is 1.47. The summed E-state index contributed by atoms with van der Waals surface area (Å²) in [6, 6.07) is 0. The SMILES string of the molecule is C/C(=C\CCC(C)C)C(C)C/C=C/S. The summed E-state index contributed by atoms with van der Waals surface area (Å²) >= 11 is 4.06. The first-order chi connectivity index (χ1) is 6.57. The van der Waals surface area contributed by atoms with Crippen molar-refractivity contribution in [3.63, 3.8) is 0 Å². The van der Waals surface area contributed by atoms with Gasteiger partial charge in [0.15, 0.2) is 0 Å². The third-order valence-electron chi connectivity index (χ3n) is 2.58. The van der Waals surface area contributed by atoms with Gasteiger partial charge in [-0.25, -0.2) is 0 Å². The second-order valence-corrected chi connectivity index (χ2v) is 4.74. The zero-order chi connectivity index (χ0) is 11.0. The molecule has 0 amide bonds. The molecule has 1 atom stereocenters. The van der Waals surface area contributed by atoms with Crippen LogP contribution < -0.4 is 0 Å². The van der Waals surface area contributed by atoms with Crippen LogP contribution in [0.25, 0.3) is 0 Å². The molecular weight excluding hydrogens is 188 g/mol. The Labute approximate surface area is 94.9 Å². The lowest BCUT2D eigenvalue weighted by atomic mass is 9.97. The molecule has 1 heteroatoms. The van der Waals surface area contributed by atoms with Crippen LogP contribution in [0.2, 0.25) is 0 Å². The summed E-state index contributed by atoms with van der Waals surface area (Å²) in [7, 11) is 0. The van der Waals surface area contributed by atoms with E-state index in [9.17, 15) is 0 Å².